The van der Waals surface area contributed by atoms with E-state index in [-0.39, 0.29) is 5.91 Å². The number of nitrogens with one attached hydrogen (secondary N) is 1. The summed E-state index contributed by atoms with van der Waals surface area (Å²) in [7, 11) is 3.44. The highest BCUT2D eigenvalue weighted by Crippen LogP contribution is 2.46. The summed E-state index contributed by atoms with van der Waals surface area (Å²) < 4.78 is 0. The fourth-order valence-electron chi connectivity index (χ4n) is 3.04. The maximum absolute atomic E-state index is 11.9. The van der Waals surface area contributed by atoms with Gasteiger partial charge in [-0.25, -0.2) is 4.98 Å². The van der Waals surface area contributed by atoms with Crippen LogP contribution in [0.4, 0.5) is 5.82 Å². The smallest absolute Gasteiger partial charge is 0.273 e. The lowest BCUT2D eigenvalue weighted by molar-refractivity contribution is 0.0821. The van der Waals surface area contributed by atoms with Crippen LogP contribution >= 0.6 is 0 Å². The second-order valence-corrected chi connectivity index (χ2v) is 6.83. The van der Waals surface area contributed by atoms with E-state index in [0.717, 1.165) is 6.54 Å². The Bertz CT molecular complexity index is 535. The fraction of sp³-hybridized carbons (Fsp3) is 0.688. The molecule has 1 aromatic heterocycles. The fourth-order valence-corrected chi connectivity index (χ4v) is 3.04. The van der Waals surface area contributed by atoms with Crippen molar-refractivity contribution in [2.45, 2.75) is 25.7 Å². The van der Waals surface area contributed by atoms with E-state index in [2.05, 4.69) is 20.2 Å². The number of carbonyl (C=O) groups excluding carboxylic acids is 1. The molecule has 22 heavy (non-hydrogen) atoms. The third-order valence-corrected chi connectivity index (χ3v) is 4.62. The van der Waals surface area contributed by atoms with Crippen LogP contribution in [0, 0.1) is 5.41 Å². The van der Waals surface area contributed by atoms with Crippen molar-refractivity contribution in [1.82, 2.24) is 19.8 Å². The summed E-state index contributed by atoms with van der Waals surface area (Å²) >= 11 is 0. The number of likely N-dealkylation sites (tertiary alicyclic amines) is 1. The van der Waals surface area contributed by atoms with E-state index < -0.39 is 0 Å². The highest BCUT2D eigenvalue weighted by molar-refractivity contribution is 5.91. The lowest BCUT2D eigenvalue weighted by atomic mass is 10.1. The minimum absolute atomic E-state index is 0.116. The van der Waals surface area contributed by atoms with Crippen LogP contribution in [0.25, 0.3) is 0 Å². The second-order valence-electron chi connectivity index (χ2n) is 6.83. The molecule has 1 saturated heterocycles. The van der Waals surface area contributed by atoms with Gasteiger partial charge in [0.25, 0.3) is 5.91 Å². The molecule has 0 aromatic carbocycles. The molecule has 0 radical (unpaired) electrons. The Morgan fingerprint density at radius 1 is 1.32 bits per heavy atom. The van der Waals surface area contributed by atoms with E-state index in [0.29, 0.717) is 16.9 Å². The van der Waals surface area contributed by atoms with Gasteiger partial charge in [-0.1, -0.05) is 0 Å². The van der Waals surface area contributed by atoms with Crippen molar-refractivity contribution in [2.75, 3.05) is 45.6 Å². The Labute approximate surface area is 131 Å². The Balaban J connectivity index is 1.57. The molecule has 2 fully saturated rings. The molecule has 120 valence electrons. The molecule has 1 aliphatic heterocycles. The SMILES string of the molecule is CN(C)C(=O)c1cncc(NCC2(CN3CCCC3)CC2)n1. The van der Waals surface area contributed by atoms with Crippen LogP contribution in [0.5, 0.6) is 0 Å². The van der Waals surface area contributed by atoms with Gasteiger partial charge in [-0.3, -0.25) is 9.78 Å². The van der Waals surface area contributed by atoms with Crippen molar-refractivity contribution >= 4 is 11.7 Å². The predicted octanol–water partition coefficient (Wildman–Crippen LogP) is 1.47. The van der Waals surface area contributed by atoms with E-state index in [1.54, 1.807) is 20.3 Å². The van der Waals surface area contributed by atoms with Gasteiger partial charge in [0.15, 0.2) is 0 Å². The lowest BCUT2D eigenvalue weighted by Gasteiger charge is -2.23. The molecular weight excluding hydrogens is 278 g/mol. The molecule has 1 aliphatic carbocycles. The Hall–Kier alpha value is -1.69. The summed E-state index contributed by atoms with van der Waals surface area (Å²) in [5.41, 5.74) is 0.785. The Kier molecular flexibility index (Phi) is 4.29. The first kappa shape index (κ1) is 15.2. The van der Waals surface area contributed by atoms with E-state index in [4.69, 9.17) is 0 Å². The van der Waals surface area contributed by atoms with Gasteiger partial charge in [-0.15, -0.1) is 0 Å². The summed E-state index contributed by atoms with van der Waals surface area (Å²) in [4.78, 5) is 24.5. The van der Waals surface area contributed by atoms with E-state index in [1.165, 1.54) is 56.4 Å². The zero-order valence-corrected chi connectivity index (χ0v) is 13.5. The molecule has 1 N–H and O–H groups in total. The van der Waals surface area contributed by atoms with E-state index >= 15 is 0 Å². The predicted molar refractivity (Wildman–Crippen MR) is 85.9 cm³/mol. The number of hydrogen-bond acceptors (Lipinski definition) is 5. The highest BCUT2D eigenvalue weighted by atomic mass is 16.2. The minimum Gasteiger partial charge on any atom is -0.368 e. The number of nitrogens with zero attached hydrogens (tertiary/aromatic N) is 4. The maximum Gasteiger partial charge on any atom is 0.273 e. The van der Waals surface area contributed by atoms with Crippen molar-refractivity contribution in [1.29, 1.82) is 0 Å². The molecule has 3 rings (SSSR count). The molecule has 6 nitrogen and oxygen atoms in total. The quantitative estimate of drug-likeness (QED) is 0.862. The van der Waals surface area contributed by atoms with Crippen LogP contribution in [0.15, 0.2) is 12.4 Å². The van der Waals surface area contributed by atoms with Gasteiger partial charge in [0.1, 0.15) is 11.5 Å². The van der Waals surface area contributed by atoms with Gasteiger partial charge in [0, 0.05) is 32.6 Å². The zero-order valence-electron chi connectivity index (χ0n) is 13.5. The number of amides is 1. The van der Waals surface area contributed by atoms with Gasteiger partial charge in [-0.2, -0.15) is 0 Å². The van der Waals surface area contributed by atoms with Crippen LogP contribution in [0.2, 0.25) is 0 Å². The van der Waals surface area contributed by atoms with Crippen LogP contribution < -0.4 is 5.32 Å². The molecule has 0 atom stereocenters. The molecule has 6 heteroatoms. The van der Waals surface area contributed by atoms with Gasteiger partial charge in [0.2, 0.25) is 0 Å². The van der Waals surface area contributed by atoms with Gasteiger partial charge >= 0.3 is 0 Å². The molecule has 0 bridgehead atoms. The molecule has 0 spiro atoms. The normalized spacial score (nSPS) is 19.9. The summed E-state index contributed by atoms with van der Waals surface area (Å²) in [6.45, 7) is 4.59. The monoisotopic (exact) mass is 303 g/mol. The van der Waals surface area contributed by atoms with Crippen molar-refractivity contribution in [3.05, 3.63) is 18.1 Å². The van der Waals surface area contributed by atoms with Gasteiger partial charge in [-0.05, 0) is 38.8 Å². The number of hydrogen-bond donors (Lipinski definition) is 1. The standard InChI is InChI=1S/C16H25N5O/c1-20(2)15(22)13-9-17-10-14(19-13)18-11-16(5-6-16)12-21-7-3-4-8-21/h9-10H,3-8,11-12H2,1-2H3,(H,18,19). The van der Waals surface area contributed by atoms with E-state index in [9.17, 15) is 4.79 Å². The third-order valence-electron chi connectivity index (χ3n) is 4.62. The summed E-state index contributed by atoms with van der Waals surface area (Å²) in [6.07, 6.45) is 8.44. The maximum atomic E-state index is 11.9. The molecule has 0 unspecified atom stereocenters. The lowest BCUT2D eigenvalue weighted by Crippen LogP contribution is -2.32. The number of anilines is 1. The van der Waals surface area contributed by atoms with E-state index in [1.807, 2.05) is 0 Å². The van der Waals surface area contributed by atoms with Crippen molar-refractivity contribution < 1.29 is 4.79 Å². The molecule has 2 aliphatic rings. The van der Waals surface area contributed by atoms with Crippen molar-refractivity contribution in [3.63, 3.8) is 0 Å². The van der Waals surface area contributed by atoms with Gasteiger partial charge in [0.05, 0.1) is 12.4 Å². The molecular formula is C16H25N5O. The van der Waals surface area contributed by atoms with Crippen LogP contribution in [-0.4, -0.2) is 65.9 Å². The summed E-state index contributed by atoms with van der Waals surface area (Å²) in [5.74, 6) is 0.578. The number of rotatable bonds is 6. The van der Waals surface area contributed by atoms with Crippen LogP contribution in [0.1, 0.15) is 36.2 Å². The first-order chi connectivity index (χ1) is 10.6. The van der Waals surface area contributed by atoms with Crippen molar-refractivity contribution in [3.8, 4) is 0 Å². The van der Waals surface area contributed by atoms with Crippen LogP contribution in [0.3, 0.4) is 0 Å². The first-order valence-electron chi connectivity index (χ1n) is 8.08. The number of carbonyl (C=O) groups is 1. The number of aromatic nitrogens is 2. The Morgan fingerprint density at radius 3 is 2.68 bits per heavy atom. The minimum atomic E-state index is -0.116. The topological polar surface area (TPSA) is 61.4 Å². The molecule has 1 saturated carbocycles. The average molecular weight is 303 g/mol. The molecule has 2 heterocycles. The largest absolute Gasteiger partial charge is 0.368 e. The second kappa shape index (κ2) is 6.20. The van der Waals surface area contributed by atoms with Crippen LogP contribution in [-0.2, 0) is 0 Å². The average Bonchev–Trinajstić information content (AvgIpc) is 3.09. The first-order valence-corrected chi connectivity index (χ1v) is 8.08. The van der Waals surface area contributed by atoms with Gasteiger partial charge < -0.3 is 15.1 Å². The molecule has 1 amide bonds. The van der Waals surface area contributed by atoms with Crippen molar-refractivity contribution in [2.24, 2.45) is 5.41 Å². The summed E-state index contributed by atoms with van der Waals surface area (Å²) in [6, 6.07) is 0. The highest BCUT2D eigenvalue weighted by Gasteiger charge is 2.43. The Morgan fingerprint density at radius 2 is 2.05 bits per heavy atom. The third kappa shape index (κ3) is 3.55. The summed E-state index contributed by atoms with van der Waals surface area (Å²) in [5, 5.41) is 3.38. The molecule has 1 aromatic rings. The zero-order chi connectivity index (χ0) is 15.6.